The number of halogens is 3. The number of rotatable bonds is 4. The number of aliphatic hydroxyl groups excluding tert-OH is 1. The van der Waals surface area contributed by atoms with E-state index in [2.05, 4.69) is 10.2 Å². The molecule has 2 rings (SSSR count). The van der Waals surface area contributed by atoms with E-state index in [4.69, 9.17) is 4.74 Å². The van der Waals surface area contributed by atoms with Crippen LogP contribution in [0.3, 0.4) is 0 Å². The molecule has 0 spiro atoms. The van der Waals surface area contributed by atoms with Crippen LogP contribution in [0.4, 0.5) is 13.2 Å². The van der Waals surface area contributed by atoms with Gasteiger partial charge in [-0.25, -0.2) is 0 Å². The van der Waals surface area contributed by atoms with Crippen molar-refractivity contribution in [1.82, 2.24) is 10.2 Å². The van der Waals surface area contributed by atoms with Crippen molar-refractivity contribution >= 4 is 0 Å². The van der Waals surface area contributed by atoms with Gasteiger partial charge in [-0.05, 0) is 25.1 Å². The molecular weight excluding hydrogens is 297 g/mol. The van der Waals surface area contributed by atoms with Gasteiger partial charge < -0.3 is 15.2 Å². The van der Waals surface area contributed by atoms with Crippen molar-refractivity contribution < 1.29 is 23.0 Å². The van der Waals surface area contributed by atoms with Gasteiger partial charge >= 0.3 is 6.18 Å². The summed E-state index contributed by atoms with van der Waals surface area (Å²) in [5.74, 6) is 0.266. The molecule has 1 aliphatic rings. The zero-order valence-electron chi connectivity index (χ0n) is 12.7. The number of hydrogen-bond acceptors (Lipinski definition) is 4. The van der Waals surface area contributed by atoms with Gasteiger partial charge in [0, 0.05) is 37.8 Å². The second-order valence-corrected chi connectivity index (χ2v) is 5.43. The summed E-state index contributed by atoms with van der Waals surface area (Å²) in [6.45, 7) is 4.92. The van der Waals surface area contributed by atoms with Gasteiger partial charge in [-0.3, -0.25) is 4.90 Å². The summed E-state index contributed by atoms with van der Waals surface area (Å²) >= 11 is 0. The van der Waals surface area contributed by atoms with Crippen LogP contribution in [-0.4, -0.2) is 49.3 Å². The first-order chi connectivity index (χ1) is 10.3. The first-order valence-corrected chi connectivity index (χ1v) is 7.22. The maximum Gasteiger partial charge on any atom is 0.416 e. The second-order valence-electron chi connectivity index (χ2n) is 5.43. The average Bonchev–Trinajstić information content (AvgIpc) is 2.52. The normalized spacial score (nSPS) is 19.7. The lowest BCUT2D eigenvalue weighted by Crippen LogP contribution is -2.49. The SMILES string of the molecule is COc1ccc(C(F)(F)F)cc1C(O)C(C)N1CCNCC1. The van der Waals surface area contributed by atoms with Crippen LogP contribution in [-0.2, 0) is 6.18 Å². The van der Waals surface area contributed by atoms with Crippen LogP contribution in [0.1, 0.15) is 24.2 Å². The van der Waals surface area contributed by atoms with Crippen molar-refractivity contribution in [1.29, 1.82) is 0 Å². The maximum absolute atomic E-state index is 12.9. The molecule has 1 aliphatic heterocycles. The highest BCUT2D eigenvalue weighted by atomic mass is 19.4. The Kier molecular flexibility index (Phi) is 5.31. The van der Waals surface area contributed by atoms with Gasteiger partial charge in [-0.1, -0.05) is 0 Å². The van der Waals surface area contributed by atoms with Crippen LogP contribution in [0.25, 0.3) is 0 Å². The van der Waals surface area contributed by atoms with E-state index in [1.807, 2.05) is 6.92 Å². The van der Waals surface area contributed by atoms with E-state index in [1.54, 1.807) is 0 Å². The summed E-state index contributed by atoms with van der Waals surface area (Å²) in [5, 5.41) is 13.7. The Labute approximate surface area is 127 Å². The Hall–Kier alpha value is -1.31. The molecule has 0 amide bonds. The van der Waals surface area contributed by atoms with Crippen LogP contribution in [0, 0.1) is 0 Å². The van der Waals surface area contributed by atoms with E-state index in [0.29, 0.717) is 0 Å². The van der Waals surface area contributed by atoms with E-state index in [-0.39, 0.29) is 17.4 Å². The molecule has 0 aromatic heterocycles. The fourth-order valence-electron chi connectivity index (χ4n) is 2.69. The zero-order chi connectivity index (χ0) is 16.3. The molecule has 124 valence electrons. The zero-order valence-corrected chi connectivity index (χ0v) is 12.7. The molecule has 2 unspecified atom stereocenters. The predicted octanol–water partition coefficient (Wildman–Crippen LogP) is 2.04. The third kappa shape index (κ3) is 3.71. The van der Waals surface area contributed by atoms with Crippen LogP contribution >= 0.6 is 0 Å². The molecule has 2 N–H and O–H groups in total. The molecule has 0 saturated carbocycles. The van der Waals surface area contributed by atoms with Crippen molar-refractivity contribution in [3.05, 3.63) is 29.3 Å². The fourth-order valence-corrected chi connectivity index (χ4v) is 2.69. The highest BCUT2D eigenvalue weighted by molar-refractivity contribution is 5.40. The molecule has 1 aromatic rings. The average molecular weight is 318 g/mol. The first kappa shape index (κ1) is 17.1. The topological polar surface area (TPSA) is 44.7 Å². The van der Waals surface area contributed by atoms with Crippen molar-refractivity contribution in [2.45, 2.75) is 25.2 Å². The standard InChI is InChI=1S/C15H21F3N2O2/c1-10(20-7-5-19-6-8-20)14(21)12-9-11(15(16,17)18)3-4-13(12)22-2/h3-4,9-10,14,19,21H,5-8H2,1-2H3. The molecule has 1 heterocycles. The smallest absolute Gasteiger partial charge is 0.416 e. The number of alkyl halides is 3. The highest BCUT2D eigenvalue weighted by Gasteiger charge is 2.33. The van der Waals surface area contributed by atoms with Gasteiger partial charge in [0.1, 0.15) is 5.75 Å². The van der Waals surface area contributed by atoms with Gasteiger partial charge in [0.2, 0.25) is 0 Å². The molecule has 4 nitrogen and oxygen atoms in total. The predicted molar refractivity (Wildman–Crippen MR) is 76.9 cm³/mol. The number of methoxy groups -OCH3 is 1. The lowest BCUT2D eigenvalue weighted by Gasteiger charge is -2.35. The summed E-state index contributed by atoms with van der Waals surface area (Å²) in [6, 6.07) is 2.90. The molecule has 7 heteroatoms. The van der Waals surface area contributed by atoms with Crippen LogP contribution < -0.4 is 10.1 Å². The summed E-state index contributed by atoms with van der Waals surface area (Å²) in [5.41, 5.74) is -0.613. The molecule has 1 fully saturated rings. The summed E-state index contributed by atoms with van der Waals surface area (Å²) in [7, 11) is 1.38. The van der Waals surface area contributed by atoms with E-state index in [1.165, 1.54) is 13.2 Å². The molecule has 0 radical (unpaired) electrons. The van der Waals surface area contributed by atoms with E-state index in [0.717, 1.165) is 38.3 Å². The lowest BCUT2D eigenvalue weighted by molar-refractivity contribution is -0.137. The first-order valence-electron chi connectivity index (χ1n) is 7.22. The minimum Gasteiger partial charge on any atom is -0.496 e. The van der Waals surface area contributed by atoms with Crippen LogP contribution in [0.2, 0.25) is 0 Å². The van der Waals surface area contributed by atoms with Gasteiger partial charge in [0.15, 0.2) is 0 Å². The molecule has 1 aromatic carbocycles. The third-order valence-electron chi connectivity index (χ3n) is 4.06. The van der Waals surface area contributed by atoms with Gasteiger partial charge in [-0.15, -0.1) is 0 Å². The lowest BCUT2D eigenvalue weighted by atomic mass is 9.98. The summed E-state index contributed by atoms with van der Waals surface area (Å²) in [6.07, 6.45) is -5.49. The Morgan fingerprint density at radius 1 is 1.27 bits per heavy atom. The van der Waals surface area contributed by atoms with E-state index >= 15 is 0 Å². The Morgan fingerprint density at radius 2 is 1.91 bits per heavy atom. The van der Waals surface area contributed by atoms with Crippen molar-refractivity contribution in [3.8, 4) is 5.75 Å². The van der Waals surface area contributed by atoms with Crippen molar-refractivity contribution in [2.24, 2.45) is 0 Å². The highest BCUT2D eigenvalue weighted by Crippen LogP contribution is 2.36. The molecule has 0 aliphatic carbocycles. The molecule has 0 bridgehead atoms. The fraction of sp³-hybridized carbons (Fsp3) is 0.600. The van der Waals surface area contributed by atoms with Crippen LogP contribution in [0.15, 0.2) is 18.2 Å². The Bertz CT molecular complexity index is 502. The number of piperazine rings is 1. The molecule has 1 saturated heterocycles. The summed E-state index contributed by atoms with van der Waals surface area (Å²) in [4.78, 5) is 2.06. The van der Waals surface area contributed by atoms with Gasteiger partial charge in [0.25, 0.3) is 0 Å². The van der Waals surface area contributed by atoms with E-state index in [9.17, 15) is 18.3 Å². The maximum atomic E-state index is 12.9. The largest absolute Gasteiger partial charge is 0.496 e. The molecule has 22 heavy (non-hydrogen) atoms. The minimum atomic E-state index is -4.45. The number of benzene rings is 1. The summed E-state index contributed by atoms with van der Waals surface area (Å²) < 4.78 is 43.8. The van der Waals surface area contributed by atoms with Gasteiger partial charge in [-0.2, -0.15) is 13.2 Å². The third-order valence-corrected chi connectivity index (χ3v) is 4.06. The quantitative estimate of drug-likeness (QED) is 0.892. The molecular formula is C15H21F3N2O2. The molecule has 2 atom stereocenters. The van der Waals surface area contributed by atoms with Crippen molar-refractivity contribution in [2.75, 3.05) is 33.3 Å². The number of hydrogen-bond donors (Lipinski definition) is 2. The van der Waals surface area contributed by atoms with Crippen LogP contribution in [0.5, 0.6) is 5.75 Å². The van der Waals surface area contributed by atoms with E-state index < -0.39 is 17.8 Å². The minimum absolute atomic E-state index is 0.170. The second kappa shape index (κ2) is 6.85. The Morgan fingerprint density at radius 3 is 2.45 bits per heavy atom. The monoisotopic (exact) mass is 318 g/mol. The number of aliphatic hydroxyl groups is 1. The van der Waals surface area contributed by atoms with Gasteiger partial charge in [0.05, 0.1) is 18.8 Å². The number of ether oxygens (including phenoxy) is 1. The Balaban J connectivity index is 2.28. The number of nitrogens with one attached hydrogen (secondary N) is 1. The number of nitrogens with zero attached hydrogens (tertiary/aromatic N) is 1. The van der Waals surface area contributed by atoms with Crippen molar-refractivity contribution in [3.63, 3.8) is 0 Å².